The molecule has 0 bridgehead atoms. The van der Waals surface area contributed by atoms with E-state index in [1.54, 1.807) is 24.3 Å². The second-order valence-electron chi connectivity index (χ2n) is 5.76. The van der Waals surface area contributed by atoms with Crippen molar-refractivity contribution in [3.8, 4) is 0 Å². The van der Waals surface area contributed by atoms with Crippen LogP contribution in [0, 0.1) is 0 Å². The molecule has 0 aliphatic heterocycles. The lowest BCUT2D eigenvalue weighted by molar-refractivity contribution is -0.138. The average Bonchev–Trinajstić information content (AvgIpc) is 2.35. The molecule has 116 valence electrons. The van der Waals surface area contributed by atoms with Crippen LogP contribution in [-0.2, 0) is 9.59 Å². The Kier molecular flexibility index (Phi) is 6.18. The zero-order chi connectivity index (χ0) is 16.0. The molecule has 1 rings (SSSR count). The van der Waals surface area contributed by atoms with Gasteiger partial charge in [0.15, 0.2) is 0 Å². The zero-order valence-electron chi connectivity index (χ0n) is 12.5. The van der Waals surface area contributed by atoms with Gasteiger partial charge in [0.2, 0.25) is 5.91 Å². The minimum absolute atomic E-state index is 0.00333. The second kappa shape index (κ2) is 7.43. The molecule has 0 aromatic heterocycles. The molecule has 21 heavy (non-hydrogen) atoms. The smallest absolute Gasteiger partial charge is 0.304 e. The van der Waals surface area contributed by atoms with Crippen LogP contribution in [0.1, 0.15) is 27.2 Å². The maximum Gasteiger partial charge on any atom is 0.304 e. The summed E-state index contributed by atoms with van der Waals surface area (Å²) in [5, 5.41) is 12.0. The van der Waals surface area contributed by atoms with Gasteiger partial charge in [-0.25, -0.2) is 0 Å². The molecule has 5 nitrogen and oxygen atoms in total. The minimum Gasteiger partial charge on any atom is -0.481 e. The van der Waals surface area contributed by atoms with Gasteiger partial charge in [-0.05, 0) is 32.9 Å². The van der Waals surface area contributed by atoms with E-state index in [4.69, 9.17) is 16.7 Å². The van der Waals surface area contributed by atoms with Crippen molar-refractivity contribution in [2.45, 2.75) is 32.7 Å². The summed E-state index contributed by atoms with van der Waals surface area (Å²) < 4.78 is 0. The van der Waals surface area contributed by atoms with Crippen molar-refractivity contribution >= 4 is 29.2 Å². The number of hydrogen-bond acceptors (Lipinski definition) is 3. The summed E-state index contributed by atoms with van der Waals surface area (Å²) in [5.74, 6) is -1.10. The molecule has 1 aromatic rings. The summed E-state index contributed by atoms with van der Waals surface area (Å²) in [6.45, 7) is 6.25. The van der Waals surface area contributed by atoms with E-state index in [1.165, 1.54) is 0 Å². The number of para-hydroxylation sites is 1. The fourth-order valence-corrected chi connectivity index (χ4v) is 1.99. The van der Waals surface area contributed by atoms with Gasteiger partial charge in [-0.2, -0.15) is 0 Å². The van der Waals surface area contributed by atoms with E-state index in [1.807, 2.05) is 25.7 Å². The number of carbonyl (C=O) groups is 2. The van der Waals surface area contributed by atoms with Crippen LogP contribution in [-0.4, -0.2) is 40.5 Å². The van der Waals surface area contributed by atoms with Crippen LogP contribution in [0.4, 0.5) is 5.69 Å². The van der Waals surface area contributed by atoms with Crippen molar-refractivity contribution < 1.29 is 14.7 Å². The number of aliphatic carboxylic acids is 1. The minimum atomic E-state index is -0.879. The number of carbonyl (C=O) groups excluding carboxylic acids is 1. The molecule has 1 amide bonds. The molecule has 0 saturated carbocycles. The maximum atomic E-state index is 12.1. The summed E-state index contributed by atoms with van der Waals surface area (Å²) in [6, 6.07) is 6.99. The molecule has 0 aliphatic rings. The van der Waals surface area contributed by atoms with Gasteiger partial charge < -0.3 is 10.4 Å². The summed E-state index contributed by atoms with van der Waals surface area (Å²) >= 11 is 5.99. The molecule has 0 radical (unpaired) electrons. The van der Waals surface area contributed by atoms with E-state index >= 15 is 0 Å². The van der Waals surface area contributed by atoms with Gasteiger partial charge in [0.1, 0.15) is 0 Å². The van der Waals surface area contributed by atoms with Crippen molar-refractivity contribution in [2.24, 2.45) is 0 Å². The van der Waals surface area contributed by atoms with E-state index in [0.29, 0.717) is 17.3 Å². The lowest BCUT2D eigenvalue weighted by Gasteiger charge is -2.34. The highest BCUT2D eigenvalue weighted by Crippen LogP contribution is 2.21. The van der Waals surface area contributed by atoms with Gasteiger partial charge >= 0.3 is 5.97 Å². The molecule has 1 aromatic carbocycles. The molecule has 0 heterocycles. The lowest BCUT2D eigenvalue weighted by Crippen LogP contribution is -2.46. The first-order valence-electron chi connectivity index (χ1n) is 6.71. The number of halogens is 1. The van der Waals surface area contributed by atoms with Crippen LogP contribution in [0.15, 0.2) is 24.3 Å². The van der Waals surface area contributed by atoms with E-state index in [9.17, 15) is 9.59 Å². The highest BCUT2D eigenvalue weighted by Gasteiger charge is 2.24. The molecule has 2 N–H and O–H groups in total. The number of nitrogens with zero attached hydrogens (tertiary/aromatic N) is 1. The highest BCUT2D eigenvalue weighted by molar-refractivity contribution is 6.33. The predicted octanol–water partition coefficient (Wildman–Crippen LogP) is 2.85. The number of nitrogens with one attached hydrogen (secondary N) is 1. The average molecular weight is 313 g/mol. The van der Waals surface area contributed by atoms with Crippen molar-refractivity contribution in [1.82, 2.24) is 4.90 Å². The van der Waals surface area contributed by atoms with Gasteiger partial charge in [-0.3, -0.25) is 14.5 Å². The molecule has 0 saturated heterocycles. The Bertz CT molecular complexity index is 512. The molecule has 0 spiro atoms. The Morgan fingerprint density at radius 1 is 1.29 bits per heavy atom. The van der Waals surface area contributed by atoms with Crippen LogP contribution in [0.2, 0.25) is 5.02 Å². The summed E-state index contributed by atoms with van der Waals surface area (Å²) in [6.07, 6.45) is -0.00333. The Balaban J connectivity index is 2.68. The van der Waals surface area contributed by atoms with Gasteiger partial charge in [0.25, 0.3) is 0 Å². The Labute approximate surface area is 129 Å². The van der Waals surface area contributed by atoms with Crippen molar-refractivity contribution in [2.75, 3.05) is 18.4 Å². The topological polar surface area (TPSA) is 69.6 Å². The third-order valence-corrected chi connectivity index (χ3v) is 3.36. The largest absolute Gasteiger partial charge is 0.481 e. The predicted molar refractivity (Wildman–Crippen MR) is 83.7 cm³/mol. The molecule has 0 aliphatic carbocycles. The number of carboxylic acids is 1. The monoisotopic (exact) mass is 312 g/mol. The second-order valence-corrected chi connectivity index (χ2v) is 6.17. The quantitative estimate of drug-likeness (QED) is 0.847. The summed E-state index contributed by atoms with van der Waals surface area (Å²) in [7, 11) is 0. The third-order valence-electron chi connectivity index (χ3n) is 3.03. The first-order chi connectivity index (χ1) is 9.70. The Morgan fingerprint density at radius 3 is 2.43 bits per heavy atom. The molecule has 0 fully saturated rings. The first-order valence-corrected chi connectivity index (χ1v) is 7.09. The molecular weight excluding hydrogens is 292 g/mol. The van der Waals surface area contributed by atoms with Gasteiger partial charge in [0.05, 0.1) is 23.7 Å². The Morgan fingerprint density at radius 2 is 1.90 bits per heavy atom. The number of rotatable bonds is 6. The van der Waals surface area contributed by atoms with E-state index in [0.717, 1.165) is 0 Å². The van der Waals surface area contributed by atoms with Crippen molar-refractivity contribution in [1.29, 1.82) is 0 Å². The van der Waals surface area contributed by atoms with E-state index in [-0.39, 0.29) is 24.4 Å². The lowest BCUT2D eigenvalue weighted by atomic mass is 10.1. The van der Waals surface area contributed by atoms with Crippen LogP contribution in [0.3, 0.4) is 0 Å². The fraction of sp³-hybridized carbons (Fsp3) is 0.467. The zero-order valence-corrected chi connectivity index (χ0v) is 13.3. The molecular formula is C15H21ClN2O3. The van der Waals surface area contributed by atoms with Crippen molar-refractivity contribution in [3.05, 3.63) is 29.3 Å². The Hall–Kier alpha value is -1.59. The standard InChI is InChI=1S/C15H21ClN2O3/c1-15(2,3)18(9-8-14(20)21)10-13(19)17-12-7-5-4-6-11(12)16/h4-7H,8-10H2,1-3H3,(H,17,19)(H,20,21). The number of anilines is 1. The van der Waals surface area contributed by atoms with Gasteiger partial charge in [-0.15, -0.1) is 0 Å². The van der Waals surface area contributed by atoms with Gasteiger partial charge in [-0.1, -0.05) is 23.7 Å². The number of carboxylic acid groups (broad SMARTS) is 1. The summed E-state index contributed by atoms with van der Waals surface area (Å²) in [5.41, 5.74) is 0.254. The van der Waals surface area contributed by atoms with Crippen LogP contribution in [0.5, 0.6) is 0 Å². The van der Waals surface area contributed by atoms with E-state index in [2.05, 4.69) is 5.32 Å². The first kappa shape index (κ1) is 17.5. The van der Waals surface area contributed by atoms with Crippen LogP contribution >= 0.6 is 11.6 Å². The van der Waals surface area contributed by atoms with Gasteiger partial charge in [0, 0.05) is 12.1 Å². The summed E-state index contributed by atoms with van der Waals surface area (Å²) in [4.78, 5) is 24.6. The maximum absolute atomic E-state index is 12.1. The SMILES string of the molecule is CC(C)(C)N(CCC(=O)O)CC(=O)Nc1ccccc1Cl. The number of benzene rings is 1. The molecule has 0 atom stereocenters. The molecule has 0 unspecified atom stereocenters. The fourth-order valence-electron chi connectivity index (χ4n) is 1.81. The normalized spacial score (nSPS) is 11.5. The third kappa shape index (κ3) is 6.14. The highest BCUT2D eigenvalue weighted by atomic mass is 35.5. The number of hydrogen-bond donors (Lipinski definition) is 2. The molecule has 6 heteroatoms. The van der Waals surface area contributed by atoms with Crippen molar-refractivity contribution in [3.63, 3.8) is 0 Å². The number of amides is 1. The van der Waals surface area contributed by atoms with E-state index < -0.39 is 5.97 Å². The van der Waals surface area contributed by atoms with Crippen LogP contribution < -0.4 is 5.32 Å². The van der Waals surface area contributed by atoms with Crippen LogP contribution in [0.25, 0.3) is 0 Å².